The van der Waals surface area contributed by atoms with Crippen molar-refractivity contribution in [3.63, 3.8) is 0 Å². The van der Waals surface area contributed by atoms with Crippen LogP contribution in [0.2, 0.25) is 0 Å². The number of benzene rings is 1. The van der Waals surface area contributed by atoms with E-state index in [1.807, 2.05) is 18.2 Å². The molecule has 2 nitrogen and oxygen atoms in total. The molecule has 0 spiro atoms. The third kappa shape index (κ3) is 4.49. The largest absolute Gasteiger partial charge is 0.497 e. The molecule has 0 bridgehead atoms. The number of ether oxygens (including phenoxy) is 1. The normalized spacial score (nSPS) is 14.4. The van der Waals surface area contributed by atoms with E-state index in [4.69, 9.17) is 16.3 Å². The minimum absolute atomic E-state index is 0.394. The molecule has 1 aromatic rings. The third-order valence-electron chi connectivity index (χ3n) is 2.96. The van der Waals surface area contributed by atoms with E-state index in [1.165, 1.54) is 5.56 Å². The second-order valence-electron chi connectivity index (χ2n) is 4.26. The quantitative estimate of drug-likeness (QED) is 0.805. The van der Waals surface area contributed by atoms with E-state index in [-0.39, 0.29) is 0 Å². The second kappa shape index (κ2) is 7.24. The van der Waals surface area contributed by atoms with Gasteiger partial charge in [-0.3, -0.25) is 0 Å². The Morgan fingerprint density at radius 1 is 1.41 bits per heavy atom. The predicted octanol–water partition coefficient (Wildman–Crippen LogP) is 3.81. The molecular weight excluding hydrogens is 302 g/mol. The zero-order valence-electron chi connectivity index (χ0n) is 10.5. The van der Waals surface area contributed by atoms with Gasteiger partial charge in [-0.15, -0.1) is 11.6 Å². The first-order valence-corrected chi connectivity index (χ1v) is 7.03. The smallest absolute Gasteiger partial charge is 0.119 e. The minimum Gasteiger partial charge on any atom is -0.497 e. The van der Waals surface area contributed by atoms with E-state index in [0.29, 0.717) is 17.8 Å². The molecule has 0 aliphatic carbocycles. The maximum atomic E-state index is 5.84. The Balaban J connectivity index is 2.62. The average Bonchev–Trinajstić information content (AvgIpc) is 2.36. The molecule has 17 heavy (non-hydrogen) atoms. The molecule has 2 unspecified atom stereocenters. The van der Waals surface area contributed by atoms with E-state index >= 15 is 0 Å². The van der Waals surface area contributed by atoms with Gasteiger partial charge in [-0.25, -0.2) is 0 Å². The molecule has 0 aliphatic rings. The predicted molar refractivity (Wildman–Crippen MR) is 76.9 cm³/mol. The van der Waals surface area contributed by atoms with Crippen molar-refractivity contribution < 1.29 is 4.74 Å². The van der Waals surface area contributed by atoms with Crippen LogP contribution in [0.5, 0.6) is 5.75 Å². The van der Waals surface area contributed by atoms with E-state index in [0.717, 1.165) is 16.8 Å². The van der Waals surface area contributed by atoms with Gasteiger partial charge in [-0.05, 0) is 36.6 Å². The van der Waals surface area contributed by atoms with Crippen molar-refractivity contribution in [2.24, 2.45) is 5.92 Å². The van der Waals surface area contributed by atoms with Crippen molar-refractivity contribution in [1.82, 2.24) is 5.32 Å². The van der Waals surface area contributed by atoms with Gasteiger partial charge in [0.15, 0.2) is 0 Å². The first-order valence-electron chi connectivity index (χ1n) is 5.70. The standard InChI is InChI=1S/C13H19BrClNO/c1-9(7-15)10(2)16-8-11-6-12(17-3)4-5-13(11)14/h4-6,9-10,16H,7-8H2,1-3H3. The highest BCUT2D eigenvalue weighted by atomic mass is 79.9. The zero-order chi connectivity index (χ0) is 12.8. The molecule has 0 radical (unpaired) electrons. The summed E-state index contributed by atoms with van der Waals surface area (Å²) in [6.07, 6.45) is 0. The van der Waals surface area contributed by atoms with E-state index in [9.17, 15) is 0 Å². The van der Waals surface area contributed by atoms with Crippen LogP contribution in [0.1, 0.15) is 19.4 Å². The number of hydrogen-bond donors (Lipinski definition) is 1. The van der Waals surface area contributed by atoms with Gasteiger partial charge in [0.2, 0.25) is 0 Å². The molecule has 0 aromatic heterocycles. The van der Waals surface area contributed by atoms with Crippen LogP contribution in [-0.4, -0.2) is 19.0 Å². The van der Waals surface area contributed by atoms with Crippen molar-refractivity contribution in [2.45, 2.75) is 26.4 Å². The molecule has 96 valence electrons. The second-order valence-corrected chi connectivity index (χ2v) is 5.42. The number of hydrogen-bond acceptors (Lipinski definition) is 2. The minimum atomic E-state index is 0.394. The average molecular weight is 321 g/mol. The van der Waals surface area contributed by atoms with Crippen LogP contribution >= 0.6 is 27.5 Å². The monoisotopic (exact) mass is 319 g/mol. The van der Waals surface area contributed by atoms with Crippen LogP contribution in [0.4, 0.5) is 0 Å². The molecule has 0 amide bonds. The number of rotatable bonds is 6. The molecule has 4 heteroatoms. The Labute approximate surface area is 117 Å². The lowest BCUT2D eigenvalue weighted by atomic mass is 10.1. The molecule has 1 N–H and O–H groups in total. The Morgan fingerprint density at radius 3 is 2.71 bits per heavy atom. The molecule has 0 fully saturated rings. The van der Waals surface area contributed by atoms with Crippen LogP contribution in [0, 0.1) is 5.92 Å². The summed E-state index contributed by atoms with van der Waals surface area (Å²) in [5.74, 6) is 2.01. The number of methoxy groups -OCH3 is 1. The summed E-state index contributed by atoms with van der Waals surface area (Å²) >= 11 is 9.38. The molecule has 1 rings (SSSR count). The van der Waals surface area contributed by atoms with Gasteiger partial charge in [-0.1, -0.05) is 22.9 Å². The van der Waals surface area contributed by atoms with Crippen molar-refractivity contribution in [3.05, 3.63) is 28.2 Å². The fourth-order valence-electron chi connectivity index (χ4n) is 1.42. The molecular formula is C13H19BrClNO. The molecule has 0 aliphatic heterocycles. The summed E-state index contributed by atoms with van der Waals surface area (Å²) in [6, 6.07) is 6.38. The lowest BCUT2D eigenvalue weighted by Gasteiger charge is -2.19. The van der Waals surface area contributed by atoms with E-state index in [1.54, 1.807) is 7.11 Å². The van der Waals surface area contributed by atoms with Crippen molar-refractivity contribution in [1.29, 1.82) is 0 Å². The number of alkyl halides is 1. The van der Waals surface area contributed by atoms with Crippen LogP contribution in [0.15, 0.2) is 22.7 Å². The maximum absolute atomic E-state index is 5.84. The van der Waals surface area contributed by atoms with Gasteiger partial charge in [0.25, 0.3) is 0 Å². The molecule has 0 saturated carbocycles. The first kappa shape index (κ1) is 14.8. The zero-order valence-corrected chi connectivity index (χ0v) is 12.8. The summed E-state index contributed by atoms with van der Waals surface area (Å²) in [4.78, 5) is 0. The van der Waals surface area contributed by atoms with Gasteiger partial charge in [0.05, 0.1) is 7.11 Å². The summed E-state index contributed by atoms with van der Waals surface area (Å²) < 4.78 is 6.31. The Bertz CT molecular complexity index is 359. The third-order valence-corrected chi connectivity index (χ3v) is 4.22. The number of nitrogens with one attached hydrogen (secondary N) is 1. The van der Waals surface area contributed by atoms with Gasteiger partial charge >= 0.3 is 0 Å². The van der Waals surface area contributed by atoms with Crippen molar-refractivity contribution in [3.8, 4) is 5.75 Å². The van der Waals surface area contributed by atoms with Crippen molar-refractivity contribution >= 4 is 27.5 Å². The van der Waals surface area contributed by atoms with Gasteiger partial charge < -0.3 is 10.1 Å². The van der Waals surface area contributed by atoms with Crippen LogP contribution in [-0.2, 0) is 6.54 Å². The Hall–Kier alpha value is -0.250. The topological polar surface area (TPSA) is 21.3 Å². The van der Waals surface area contributed by atoms with E-state index in [2.05, 4.69) is 35.1 Å². The van der Waals surface area contributed by atoms with Gasteiger partial charge in [-0.2, -0.15) is 0 Å². The molecule has 0 saturated heterocycles. The van der Waals surface area contributed by atoms with Gasteiger partial charge in [0, 0.05) is 22.9 Å². The van der Waals surface area contributed by atoms with Crippen LogP contribution < -0.4 is 10.1 Å². The highest BCUT2D eigenvalue weighted by molar-refractivity contribution is 9.10. The summed E-state index contributed by atoms with van der Waals surface area (Å²) in [5, 5.41) is 3.47. The molecule has 2 atom stereocenters. The fraction of sp³-hybridized carbons (Fsp3) is 0.538. The summed E-state index contributed by atoms with van der Waals surface area (Å²) in [6.45, 7) is 5.10. The first-order chi connectivity index (χ1) is 8.08. The lowest BCUT2D eigenvalue weighted by molar-refractivity contribution is 0.411. The summed E-state index contributed by atoms with van der Waals surface area (Å²) in [5.41, 5.74) is 1.19. The summed E-state index contributed by atoms with van der Waals surface area (Å²) in [7, 11) is 1.68. The van der Waals surface area contributed by atoms with Gasteiger partial charge in [0.1, 0.15) is 5.75 Å². The van der Waals surface area contributed by atoms with Crippen molar-refractivity contribution in [2.75, 3.05) is 13.0 Å². The van der Waals surface area contributed by atoms with Crippen LogP contribution in [0.25, 0.3) is 0 Å². The van der Waals surface area contributed by atoms with Crippen LogP contribution in [0.3, 0.4) is 0 Å². The Kier molecular flexibility index (Phi) is 6.31. The molecule has 1 aromatic carbocycles. The number of halogens is 2. The van der Waals surface area contributed by atoms with E-state index < -0.39 is 0 Å². The highest BCUT2D eigenvalue weighted by Gasteiger charge is 2.11. The maximum Gasteiger partial charge on any atom is 0.119 e. The Morgan fingerprint density at radius 2 is 2.12 bits per heavy atom. The molecule has 0 heterocycles. The fourth-order valence-corrected chi connectivity index (χ4v) is 2.07. The highest BCUT2D eigenvalue weighted by Crippen LogP contribution is 2.22. The lowest BCUT2D eigenvalue weighted by Crippen LogP contribution is -2.32. The SMILES string of the molecule is COc1ccc(Br)c(CNC(C)C(C)CCl)c1.